The number of benzene rings is 2. The zero-order valence-corrected chi connectivity index (χ0v) is 14.6. The molecule has 0 aliphatic rings. The van der Waals surface area contributed by atoms with E-state index in [9.17, 15) is 9.59 Å². The molecule has 23 heavy (non-hydrogen) atoms. The van der Waals surface area contributed by atoms with E-state index in [-0.39, 0.29) is 0 Å². The van der Waals surface area contributed by atoms with Crippen molar-refractivity contribution in [3.8, 4) is 0 Å². The van der Waals surface area contributed by atoms with E-state index in [4.69, 9.17) is 11.6 Å². The summed E-state index contributed by atoms with van der Waals surface area (Å²) in [5, 5.41) is 0.546. The van der Waals surface area contributed by atoms with Gasteiger partial charge in [0.25, 0.3) is 11.8 Å². The monoisotopic (exact) mass is 392 g/mol. The van der Waals surface area contributed by atoms with Gasteiger partial charge in [-0.05, 0) is 42.3 Å². The van der Waals surface area contributed by atoms with E-state index in [1.165, 1.54) is 6.08 Å². The van der Waals surface area contributed by atoms with Gasteiger partial charge in [0.05, 0.1) is 0 Å². The number of aryl methyl sites for hydroxylation is 1. The number of amides is 2. The molecule has 4 nitrogen and oxygen atoms in total. The highest BCUT2D eigenvalue weighted by Crippen LogP contribution is 2.17. The number of carbonyl (C=O) groups excluding carboxylic acids is 2. The van der Waals surface area contributed by atoms with Crippen molar-refractivity contribution in [2.45, 2.75) is 6.92 Å². The van der Waals surface area contributed by atoms with Crippen molar-refractivity contribution in [1.29, 1.82) is 0 Å². The molecule has 2 aromatic carbocycles. The summed E-state index contributed by atoms with van der Waals surface area (Å²) in [6.07, 6.45) is 2.87. The fourth-order valence-corrected chi connectivity index (χ4v) is 2.32. The van der Waals surface area contributed by atoms with Gasteiger partial charge in [-0.15, -0.1) is 0 Å². The molecule has 2 amide bonds. The molecule has 0 fully saturated rings. The van der Waals surface area contributed by atoms with Crippen molar-refractivity contribution >= 4 is 45.4 Å². The molecule has 0 spiro atoms. The lowest BCUT2D eigenvalue weighted by atomic mass is 10.1. The Bertz CT molecular complexity index is 775. The van der Waals surface area contributed by atoms with E-state index in [1.54, 1.807) is 36.4 Å². The topological polar surface area (TPSA) is 58.2 Å². The van der Waals surface area contributed by atoms with Crippen molar-refractivity contribution < 1.29 is 9.59 Å². The van der Waals surface area contributed by atoms with E-state index < -0.39 is 11.8 Å². The number of rotatable bonds is 3. The Kier molecular flexibility index (Phi) is 5.96. The van der Waals surface area contributed by atoms with Gasteiger partial charge in [0.2, 0.25) is 0 Å². The summed E-state index contributed by atoms with van der Waals surface area (Å²) in [5.41, 5.74) is 6.86. The van der Waals surface area contributed by atoms with Crippen LogP contribution in [0, 0.1) is 6.92 Å². The standard InChI is InChI=1S/C17H14BrClN2O2/c1-11-6-7-13(10-14(11)18)17(23)21-20-16(22)9-8-12-4-2-3-5-15(12)19/h2-10H,1H3,(H,20,22)(H,21,23)/b9-8+. The van der Waals surface area contributed by atoms with E-state index >= 15 is 0 Å². The Morgan fingerprint density at radius 2 is 1.87 bits per heavy atom. The van der Waals surface area contributed by atoms with Gasteiger partial charge in [-0.1, -0.05) is 51.8 Å². The van der Waals surface area contributed by atoms with Crippen LogP contribution in [0.4, 0.5) is 0 Å². The van der Waals surface area contributed by atoms with Crippen LogP contribution >= 0.6 is 27.5 Å². The SMILES string of the molecule is Cc1ccc(C(=O)NNC(=O)/C=C/c2ccccc2Cl)cc1Br. The average Bonchev–Trinajstić information content (AvgIpc) is 2.54. The molecule has 0 heterocycles. The van der Waals surface area contributed by atoms with Crippen LogP contribution in [0.5, 0.6) is 0 Å². The maximum absolute atomic E-state index is 11.9. The Labute approximate surface area is 147 Å². The molecule has 0 saturated carbocycles. The van der Waals surface area contributed by atoms with Crippen LogP contribution in [0.15, 0.2) is 53.0 Å². The Hall–Kier alpha value is -2.11. The number of nitrogens with one attached hydrogen (secondary N) is 2. The molecule has 2 N–H and O–H groups in total. The average molecular weight is 394 g/mol. The van der Waals surface area contributed by atoms with E-state index in [0.717, 1.165) is 15.6 Å². The van der Waals surface area contributed by atoms with Crippen LogP contribution in [-0.4, -0.2) is 11.8 Å². The summed E-state index contributed by atoms with van der Waals surface area (Å²) in [6.45, 7) is 1.92. The van der Waals surface area contributed by atoms with Crippen molar-refractivity contribution in [2.24, 2.45) is 0 Å². The molecule has 118 valence electrons. The molecule has 2 rings (SSSR count). The van der Waals surface area contributed by atoms with Gasteiger partial charge in [0.15, 0.2) is 0 Å². The minimum atomic E-state index is -0.454. The smallest absolute Gasteiger partial charge is 0.268 e. The van der Waals surface area contributed by atoms with Crippen LogP contribution in [-0.2, 0) is 4.79 Å². The number of carbonyl (C=O) groups is 2. The Balaban J connectivity index is 1.92. The summed E-state index contributed by atoms with van der Waals surface area (Å²) in [5.74, 6) is -0.852. The number of hydrogen-bond donors (Lipinski definition) is 2. The van der Waals surface area contributed by atoms with Crippen molar-refractivity contribution in [1.82, 2.24) is 10.9 Å². The van der Waals surface area contributed by atoms with Crippen molar-refractivity contribution in [2.75, 3.05) is 0 Å². The predicted octanol–water partition coefficient (Wildman–Crippen LogP) is 3.89. The highest BCUT2D eigenvalue weighted by atomic mass is 79.9. The molecular formula is C17H14BrClN2O2. The van der Waals surface area contributed by atoms with Gasteiger partial charge in [0.1, 0.15) is 0 Å². The van der Waals surface area contributed by atoms with Crippen LogP contribution in [0.1, 0.15) is 21.5 Å². The molecule has 6 heteroatoms. The molecular weight excluding hydrogens is 380 g/mol. The third kappa shape index (κ3) is 4.94. The molecule has 0 unspecified atom stereocenters. The van der Waals surface area contributed by atoms with E-state index in [0.29, 0.717) is 10.6 Å². The summed E-state index contributed by atoms with van der Waals surface area (Å²) in [4.78, 5) is 23.7. The fourth-order valence-electron chi connectivity index (χ4n) is 1.74. The lowest BCUT2D eigenvalue weighted by molar-refractivity contribution is -0.117. The highest BCUT2D eigenvalue weighted by molar-refractivity contribution is 9.10. The summed E-state index contributed by atoms with van der Waals surface area (Å²) in [7, 11) is 0. The van der Waals surface area contributed by atoms with Gasteiger partial charge >= 0.3 is 0 Å². The molecule has 0 aliphatic heterocycles. The third-order valence-electron chi connectivity index (χ3n) is 3.05. The van der Waals surface area contributed by atoms with Crippen LogP contribution in [0.2, 0.25) is 5.02 Å². The highest BCUT2D eigenvalue weighted by Gasteiger charge is 2.07. The molecule has 0 bridgehead atoms. The zero-order chi connectivity index (χ0) is 16.8. The van der Waals surface area contributed by atoms with E-state index in [2.05, 4.69) is 26.8 Å². The zero-order valence-electron chi connectivity index (χ0n) is 12.3. The maximum atomic E-state index is 11.9. The van der Waals surface area contributed by atoms with Gasteiger partial charge in [-0.25, -0.2) is 0 Å². The normalized spacial score (nSPS) is 10.6. The second-order valence-corrected chi connectivity index (χ2v) is 6.02. The van der Waals surface area contributed by atoms with Crippen LogP contribution in [0.3, 0.4) is 0 Å². The first-order chi connectivity index (χ1) is 11.0. The second kappa shape index (κ2) is 7.94. The second-order valence-electron chi connectivity index (χ2n) is 4.76. The van der Waals surface area contributed by atoms with Gasteiger partial charge < -0.3 is 0 Å². The minimum Gasteiger partial charge on any atom is -0.268 e. The Morgan fingerprint density at radius 3 is 2.57 bits per heavy atom. The lowest BCUT2D eigenvalue weighted by Crippen LogP contribution is -2.40. The quantitative estimate of drug-likeness (QED) is 0.614. The Morgan fingerprint density at radius 1 is 1.13 bits per heavy atom. The molecule has 0 aliphatic carbocycles. The van der Waals surface area contributed by atoms with Gasteiger partial charge in [0, 0.05) is 21.1 Å². The molecule has 0 saturated heterocycles. The van der Waals surface area contributed by atoms with Crippen LogP contribution < -0.4 is 10.9 Å². The summed E-state index contributed by atoms with van der Waals surface area (Å²) in [6, 6.07) is 12.3. The summed E-state index contributed by atoms with van der Waals surface area (Å²) < 4.78 is 0.829. The van der Waals surface area contributed by atoms with E-state index in [1.807, 2.05) is 19.1 Å². The lowest BCUT2D eigenvalue weighted by Gasteiger charge is -2.06. The maximum Gasteiger partial charge on any atom is 0.269 e. The van der Waals surface area contributed by atoms with Gasteiger partial charge in [-0.2, -0.15) is 0 Å². The first-order valence-electron chi connectivity index (χ1n) is 6.76. The molecule has 0 aromatic heterocycles. The molecule has 2 aromatic rings. The van der Waals surface area contributed by atoms with Gasteiger partial charge in [-0.3, -0.25) is 20.4 Å². The number of hydrogen-bond acceptors (Lipinski definition) is 2. The largest absolute Gasteiger partial charge is 0.269 e. The predicted molar refractivity (Wildman–Crippen MR) is 95.0 cm³/mol. The third-order valence-corrected chi connectivity index (χ3v) is 4.25. The first-order valence-corrected chi connectivity index (χ1v) is 7.93. The fraction of sp³-hybridized carbons (Fsp3) is 0.0588. The molecule has 0 radical (unpaired) electrons. The minimum absolute atomic E-state index is 0.398. The van der Waals surface area contributed by atoms with Crippen LogP contribution in [0.25, 0.3) is 6.08 Å². The number of hydrazine groups is 1. The molecule has 0 atom stereocenters. The first kappa shape index (κ1) is 17.2. The summed E-state index contributed by atoms with van der Waals surface area (Å²) >= 11 is 9.35. The number of halogens is 2. The van der Waals surface area contributed by atoms with Crippen molar-refractivity contribution in [3.63, 3.8) is 0 Å². The van der Waals surface area contributed by atoms with Crippen molar-refractivity contribution in [3.05, 3.63) is 74.7 Å².